The van der Waals surface area contributed by atoms with Crippen LogP contribution in [0.2, 0.25) is 0 Å². The van der Waals surface area contributed by atoms with Crippen LogP contribution in [0.1, 0.15) is 18.1 Å². The van der Waals surface area contributed by atoms with Crippen LogP contribution in [-0.4, -0.2) is 29.3 Å². The predicted octanol–water partition coefficient (Wildman–Crippen LogP) is 1.95. The molecule has 1 aromatic carbocycles. The zero-order valence-corrected chi connectivity index (χ0v) is 9.95. The van der Waals surface area contributed by atoms with E-state index in [9.17, 15) is 10.0 Å². The Kier molecular flexibility index (Phi) is 4.46. The Balaban J connectivity index is 2.70. The molecule has 0 spiro atoms. The maximum atomic E-state index is 11.6. The van der Waals surface area contributed by atoms with Gasteiger partial charge in [-0.2, -0.15) is 5.06 Å². The fourth-order valence-electron chi connectivity index (χ4n) is 1.47. The van der Waals surface area contributed by atoms with Gasteiger partial charge in [-0.25, -0.2) is 0 Å². The third-order valence-electron chi connectivity index (χ3n) is 2.44. The number of nitrogens with one attached hydrogen (secondary N) is 1. The maximum Gasteiger partial charge on any atom is 0.241 e. The number of hydrogen-bond donors (Lipinski definition) is 2. The molecule has 0 heterocycles. The van der Waals surface area contributed by atoms with Crippen molar-refractivity contribution in [2.45, 2.75) is 20.8 Å². The normalized spacial score (nSPS) is 10.6. The number of carbonyl (C=O) groups excluding carboxylic acids is 1. The number of benzene rings is 1. The Morgan fingerprint density at radius 1 is 1.38 bits per heavy atom. The summed E-state index contributed by atoms with van der Waals surface area (Å²) in [4.78, 5) is 11.6. The number of aryl methyl sites for hydroxylation is 2. The van der Waals surface area contributed by atoms with Crippen LogP contribution in [0.3, 0.4) is 0 Å². The fourth-order valence-corrected chi connectivity index (χ4v) is 1.47. The summed E-state index contributed by atoms with van der Waals surface area (Å²) in [6.07, 6.45) is 0. The van der Waals surface area contributed by atoms with Gasteiger partial charge in [-0.3, -0.25) is 4.79 Å². The lowest BCUT2D eigenvalue weighted by Gasteiger charge is -2.14. The predicted molar refractivity (Wildman–Crippen MR) is 63.6 cm³/mol. The Morgan fingerprint density at radius 3 is 2.44 bits per heavy atom. The van der Waals surface area contributed by atoms with Crippen LogP contribution in [0, 0.1) is 13.8 Å². The summed E-state index contributed by atoms with van der Waals surface area (Å²) in [5.74, 6) is -0.207. The van der Waals surface area contributed by atoms with E-state index < -0.39 is 0 Å². The van der Waals surface area contributed by atoms with Gasteiger partial charge in [-0.1, -0.05) is 25.1 Å². The second-order valence-corrected chi connectivity index (χ2v) is 3.80. The summed E-state index contributed by atoms with van der Waals surface area (Å²) in [5, 5.41) is 13.0. The highest BCUT2D eigenvalue weighted by Crippen LogP contribution is 2.19. The van der Waals surface area contributed by atoms with Crippen LogP contribution in [-0.2, 0) is 4.79 Å². The van der Waals surface area contributed by atoms with Crippen molar-refractivity contribution in [3.8, 4) is 0 Å². The molecule has 0 aliphatic carbocycles. The first kappa shape index (κ1) is 12.7. The highest BCUT2D eigenvalue weighted by molar-refractivity contribution is 5.93. The van der Waals surface area contributed by atoms with Gasteiger partial charge >= 0.3 is 0 Å². The summed E-state index contributed by atoms with van der Waals surface area (Å²) in [6, 6.07) is 5.84. The fraction of sp³-hybridized carbons (Fsp3) is 0.417. The number of carbonyl (C=O) groups is 1. The molecule has 0 atom stereocenters. The number of para-hydroxylation sites is 1. The number of hydrogen-bond acceptors (Lipinski definition) is 3. The second kappa shape index (κ2) is 5.63. The molecule has 1 aromatic rings. The molecule has 4 heteroatoms. The Morgan fingerprint density at radius 2 is 1.94 bits per heavy atom. The van der Waals surface area contributed by atoms with Crippen molar-refractivity contribution >= 4 is 11.6 Å². The third-order valence-corrected chi connectivity index (χ3v) is 2.44. The molecule has 4 nitrogen and oxygen atoms in total. The lowest BCUT2D eigenvalue weighted by Crippen LogP contribution is -2.30. The molecule has 0 bridgehead atoms. The van der Waals surface area contributed by atoms with Crippen LogP contribution < -0.4 is 5.32 Å². The molecule has 88 valence electrons. The number of hydroxylamine groups is 2. The Hall–Kier alpha value is -1.39. The van der Waals surface area contributed by atoms with Crippen molar-refractivity contribution in [2.75, 3.05) is 18.4 Å². The quantitative estimate of drug-likeness (QED) is 0.766. The van der Waals surface area contributed by atoms with Crippen LogP contribution >= 0.6 is 0 Å². The van der Waals surface area contributed by atoms with Gasteiger partial charge < -0.3 is 10.5 Å². The summed E-state index contributed by atoms with van der Waals surface area (Å²) in [6.45, 7) is 6.09. The largest absolute Gasteiger partial charge is 0.324 e. The van der Waals surface area contributed by atoms with Crippen LogP contribution in [0.25, 0.3) is 0 Å². The highest BCUT2D eigenvalue weighted by Gasteiger charge is 2.09. The molecular formula is C12H18N2O2. The van der Waals surface area contributed by atoms with Crippen molar-refractivity contribution in [3.05, 3.63) is 29.3 Å². The molecule has 0 radical (unpaired) electrons. The Bertz CT molecular complexity index is 357. The summed E-state index contributed by atoms with van der Waals surface area (Å²) >= 11 is 0. The van der Waals surface area contributed by atoms with Gasteiger partial charge in [0.25, 0.3) is 0 Å². The molecule has 1 amide bonds. The zero-order chi connectivity index (χ0) is 12.1. The minimum Gasteiger partial charge on any atom is -0.324 e. The minimum absolute atomic E-state index is 0.00965. The van der Waals surface area contributed by atoms with Crippen LogP contribution in [0.5, 0.6) is 0 Å². The smallest absolute Gasteiger partial charge is 0.241 e. The molecule has 0 unspecified atom stereocenters. The second-order valence-electron chi connectivity index (χ2n) is 3.80. The lowest BCUT2D eigenvalue weighted by atomic mass is 10.1. The SMILES string of the molecule is CCN(O)CC(=O)Nc1c(C)cccc1C. The van der Waals surface area contributed by atoms with Gasteiger partial charge in [0, 0.05) is 12.2 Å². The van der Waals surface area contributed by atoms with E-state index in [0.717, 1.165) is 21.9 Å². The average Bonchev–Trinajstić information content (AvgIpc) is 2.23. The molecule has 0 aliphatic heterocycles. The van der Waals surface area contributed by atoms with E-state index in [4.69, 9.17) is 0 Å². The number of anilines is 1. The first-order valence-electron chi connectivity index (χ1n) is 5.34. The lowest BCUT2D eigenvalue weighted by molar-refractivity contribution is -0.132. The van der Waals surface area contributed by atoms with Gasteiger partial charge in [0.2, 0.25) is 5.91 Å². The average molecular weight is 222 g/mol. The molecule has 0 saturated heterocycles. The van der Waals surface area contributed by atoms with Crippen molar-refractivity contribution in [2.24, 2.45) is 0 Å². The van der Waals surface area contributed by atoms with Gasteiger partial charge in [0.1, 0.15) is 6.54 Å². The van der Waals surface area contributed by atoms with Gasteiger partial charge in [-0.05, 0) is 25.0 Å². The number of likely N-dealkylation sites (N-methyl/N-ethyl adjacent to an activating group) is 1. The molecule has 0 aromatic heterocycles. The summed E-state index contributed by atoms with van der Waals surface area (Å²) < 4.78 is 0. The molecule has 0 aliphatic rings. The molecule has 0 fully saturated rings. The minimum atomic E-state index is -0.207. The standard InChI is InChI=1S/C12H18N2O2/c1-4-14(16)8-11(15)13-12-9(2)6-5-7-10(12)3/h5-7,16H,4,8H2,1-3H3,(H,13,15). The molecular weight excluding hydrogens is 204 g/mol. The van der Waals surface area contributed by atoms with E-state index in [1.807, 2.05) is 32.0 Å². The topological polar surface area (TPSA) is 52.6 Å². The highest BCUT2D eigenvalue weighted by atomic mass is 16.5. The van der Waals surface area contributed by atoms with E-state index in [-0.39, 0.29) is 12.5 Å². The molecule has 16 heavy (non-hydrogen) atoms. The van der Waals surface area contributed by atoms with E-state index in [1.54, 1.807) is 6.92 Å². The monoisotopic (exact) mass is 222 g/mol. The van der Waals surface area contributed by atoms with Crippen molar-refractivity contribution in [1.82, 2.24) is 5.06 Å². The van der Waals surface area contributed by atoms with Gasteiger partial charge in [0.15, 0.2) is 0 Å². The molecule has 2 N–H and O–H groups in total. The van der Waals surface area contributed by atoms with E-state index >= 15 is 0 Å². The first-order valence-corrected chi connectivity index (χ1v) is 5.34. The third kappa shape index (κ3) is 3.32. The first-order chi connectivity index (χ1) is 7.54. The number of nitrogens with zero attached hydrogens (tertiary/aromatic N) is 1. The maximum absolute atomic E-state index is 11.6. The van der Waals surface area contributed by atoms with Crippen molar-refractivity contribution in [1.29, 1.82) is 0 Å². The molecule has 0 saturated carbocycles. The number of rotatable bonds is 4. The number of amides is 1. The van der Waals surface area contributed by atoms with Crippen molar-refractivity contribution in [3.63, 3.8) is 0 Å². The van der Waals surface area contributed by atoms with Gasteiger partial charge in [0.05, 0.1) is 0 Å². The summed E-state index contributed by atoms with van der Waals surface area (Å²) in [7, 11) is 0. The molecule has 1 rings (SSSR count). The van der Waals surface area contributed by atoms with Crippen LogP contribution in [0.15, 0.2) is 18.2 Å². The van der Waals surface area contributed by atoms with E-state index in [1.165, 1.54) is 0 Å². The van der Waals surface area contributed by atoms with Crippen LogP contribution in [0.4, 0.5) is 5.69 Å². The van der Waals surface area contributed by atoms with Crippen molar-refractivity contribution < 1.29 is 10.0 Å². The summed E-state index contributed by atoms with van der Waals surface area (Å²) in [5.41, 5.74) is 2.88. The van der Waals surface area contributed by atoms with Gasteiger partial charge in [-0.15, -0.1) is 0 Å². The van der Waals surface area contributed by atoms with E-state index in [2.05, 4.69) is 5.32 Å². The van der Waals surface area contributed by atoms with E-state index in [0.29, 0.717) is 6.54 Å². The Labute approximate surface area is 95.8 Å². The zero-order valence-electron chi connectivity index (χ0n) is 9.95.